The lowest BCUT2D eigenvalue weighted by Crippen LogP contribution is -2.53. The largest absolute Gasteiger partial charge is 0.321 e. The Hall–Kier alpha value is -2.04. The number of hydrogen-bond acceptors (Lipinski definition) is 2. The maximum Gasteiger partial charge on any atom is 0.321 e. The molecule has 2 amide bonds. The fourth-order valence-corrected chi connectivity index (χ4v) is 3.78. The van der Waals surface area contributed by atoms with Crippen molar-refractivity contribution in [1.29, 1.82) is 0 Å². The van der Waals surface area contributed by atoms with Gasteiger partial charge in [0.15, 0.2) is 0 Å². The quantitative estimate of drug-likeness (QED) is 0.856. The molecule has 0 bridgehead atoms. The number of nitrogens with one attached hydrogen (secondary N) is 1. The van der Waals surface area contributed by atoms with Crippen molar-refractivity contribution < 1.29 is 4.79 Å². The average Bonchev–Trinajstić information content (AvgIpc) is 2.63. The van der Waals surface area contributed by atoms with Gasteiger partial charge in [0.2, 0.25) is 0 Å². The van der Waals surface area contributed by atoms with Crippen LogP contribution in [-0.2, 0) is 6.42 Å². The number of nitrogens with zero attached hydrogens (tertiary/aromatic N) is 2. The van der Waals surface area contributed by atoms with E-state index in [1.165, 1.54) is 11.1 Å². The first kappa shape index (κ1) is 15.5. The maximum atomic E-state index is 12.6. The van der Waals surface area contributed by atoms with Gasteiger partial charge in [-0.3, -0.25) is 4.90 Å². The van der Waals surface area contributed by atoms with Gasteiger partial charge in [0.1, 0.15) is 0 Å². The summed E-state index contributed by atoms with van der Waals surface area (Å²) in [7, 11) is 0. The van der Waals surface area contributed by atoms with Gasteiger partial charge in [-0.25, -0.2) is 4.79 Å². The third-order valence-electron chi connectivity index (χ3n) is 4.96. The molecule has 24 heavy (non-hydrogen) atoms. The number of carbonyl (C=O) groups is 1. The zero-order chi connectivity index (χ0) is 16.5. The first-order valence-corrected chi connectivity index (χ1v) is 8.72. The summed E-state index contributed by atoms with van der Waals surface area (Å²) in [4.78, 5) is 17.0. The number of rotatable bonds is 1. The summed E-state index contributed by atoms with van der Waals surface area (Å²) in [6.07, 6.45) is 1.10. The van der Waals surface area contributed by atoms with E-state index in [9.17, 15) is 4.79 Å². The molecule has 124 valence electrons. The Kier molecular flexibility index (Phi) is 4.17. The van der Waals surface area contributed by atoms with E-state index >= 15 is 0 Å². The predicted octanol–water partition coefficient (Wildman–Crippen LogP) is 3.79. The zero-order valence-electron chi connectivity index (χ0n) is 13.4. The molecule has 1 saturated heterocycles. The van der Waals surface area contributed by atoms with E-state index < -0.39 is 0 Å². The zero-order valence-corrected chi connectivity index (χ0v) is 14.2. The predicted molar refractivity (Wildman–Crippen MR) is 96.5 cm³/mol. The van der Waals surface area contributed by atoms with Gasteiger partial charge in [0, 0.05) is 36.9 Å². The number of piperazine rings is 1. The molecule has 1 atom stereocenters. The van der Waals surface area contributed by atoms with Crippen LogP contribution in [0, 0.1) is 0 Å². The van der Waals surface area contributed by atoms with E-state index in [-0.39, 0.29) is 6.03 Å². The van der Waals surface area contributed by atoms with E-state index in [1.807, 2.05) is 17.0 Å². The summed E-state index contributed by atoms with van der Waals surface area (Å²) in [5.41, 5.74) is 3.56. The number of carbonyl (C=O) groups excluding carboxylic acids is 1. The van der Waals surface area contributed by atoms with Gasteiger partial charge in [-0.05, 0) is 41.8 Å². The monoisotopic (exact) mass is 341 g/mol. The molecule has 2 aromatic carbocycles. The van der Waals surface area contributed by atoms with Gasteiger partial charge in [0.05, 0.1) is 6.04 Å². The third-order valence-corrected chi connectivity index (χ3v) is 5.21. The minimum Gasteiger partial charge on any atom is -0.321 e. The molecule has 4 nitrogen and oxygen atoms in total. The minimum absolute atomic E-state index is 0.0416. The van der Waals surface area contributed by atoms with Crippen molar-refractivity contribution in [1.82, 2.24) is 9.80 Å². The van der Waals surface area contributed by atoms with Gasteiger partial charge < -0.3 is 10.2 Å². The molecule has 1 N–H and O–H groups in total. The normalized spacial score (nSPS) is 20.2. The van der Waals surface area contributed by atoms with Gasteiger partial charge in [-0.1, -0.05) is 35.9 Å². The molecular weight excluding hydrogens is 322 g/mol. The van der Waals surface area contributed by atoms with Crippen molar-refractivity contribution in [3.8, 4) is 0 Å². The standard InChI is InChI=1S/C19H20ClN3O/c20-15-5-7-16(8-6-15)21-19(24)23-12-11-22-10-9-14-3-1-2-4-17(14)18(22)13-23/h1-8,18H,9-13H2,(H,21,24). The van der Waals surface area contributed by atoms with Crippen molar-refractivity contribution in [2.75, 3.05) is 31.5 Å². The Bertz CT molecular complexity index is 747. The molecular formula is C19H20ClN3O. The molecule has 2 aliphatic heterocycles. The number of anilines is 1. The molecule has 1 unspecified atom stereocenters. The maximum absolute atomic E-state index is 12.6. The highest BCUT2D eigenvalue weighted by Gasteiger charge is 2.33. The Morgan fingerprint density at radius 1 is 1.04 bits per heavy atom. The average molecular weight is 342 g/mol. The molecule has 1 fully saturated rings. The lowest BCUT2D eigenvalue weighted by molar-refractivity contribution is 0.0872. The van der Waals surface area contributed by atoms with Crippen LogP contribution >= 0.6 is 11.6 Å². The first-order chi connectivity index (χ1) is 11.7. The van der Waals surface area contributed by atoms with Crippen LogP contribution < -0.4 is 5.32 Å². The first-order valence-electron chi connectivity index (χ1n) is 8.34. The molecule has 0 radical (unpaired) electrons. The van der Waals surface area contributed by atoms with E-state index in [1.54, 1.807) is 12.1 Å². The molecule has 0 saturated carbocycles. The van der Waals surface area contributed by atoms with Crippen LogP contribution in [0.3, 0.4) is 0 Å². The number of halogens is 1. The van der Waals surface area contributed by atoms with Crippen LogP contribution in [0.4, 0.5) is 10.5 Å². The number of hydrogen-bond donors (Lipinski definition) is 1. The second kappa shape index (κ2) is 6.46. The van der Waals surface area contributed by atoms with Crippen molar-refractivity contribution in [3.63, 3.8) is 0 Å². The number of benzene rings is 2. The van der Waals surface area contributed by atoms with Crippen molar-refractivity contribution in [3.05, 3.63) is 64.7 Å². The van der Waals surface area contributed by atoms with Crippen LogP contribution in [0.15, 0.2) is 48.5 Å². The Balaban J connectivity index is 1.48. The number of urea groups is 1. The molecule has 5 heteroatoms. The fraction of sp³-hybridized carbons (Fsp3) is 0.316. The van der Waals surface area contributed by atoms with Gasteiger partial charge in [-0.2, -0.15) is 0 Å². The van der Waals surface area contributed by atoms with Gasteiger partial charge >= 0.3 is 6.03 Å². The lowest BCUT2D eigenvalue weighted by Gasteiger charge is -2.44. The van der Waals surface area contributed by atoms with Crippen molar-refractivity contribution in [2.24, 2.45) is 0 Å². The summed E-state index contributed by atoms with van der Waals surface area (Å²) in [6.45, 7) is 3.50. The van der Waals surface area contributed by atoms with Crippen molar-refractivity contribution in [2.45, 2.75) is 12.5 Å². The van der Waals surface area contributed by atoms with E-state index in [4.69, 9.17) is 11.6 Å². The molecule has 2 aromatic rings. The number of fused-ring (bicyclic) bond motifs is 3. The molecule has 0 spiro atoms. The second-order valence-electron chi connectivity index (χ2n) is 6.38. The molecule has 0 aliphatic carbocycles. The summed E-state index contributed by atoms with van der Waals surface area (Å²) in [5, 5.41) is 3.64. The fourth-order valence-electron chi connectivity index (χ4n) is 3.65. The summed E-state index contributed by atoms with van der Waals surface area (Å²) in [5.74, 6) is 0. The minimum atomic E-state index is -0.0416. The van der Waals surface area contributed by atoms with E-state index in [0.29, 0.717) is 11.1 Å². The van der Waals surface area contributed by atoms with Crippen LogP contribution in [0.25, 0.3) is 0 Å². The number of amides is 2. The highest BCUT2D eigenvalue weighted by Crippen LogP contribution is 2.32. The van der Waals surface area contributed by atoms with Gasteiger partial charge in [-0.15, -0.1) is 0 Å². The van der Waals surface area contributed by atoms with E-state index in [0.717, 1.165) is 38.3 Å². The van der Waals surface area contributed by atoms with Crippen molar-refractivity contribution >= 4 is 23.3 Å². The highest BCUT2D eigenvalue weighted by atomic mass is 35.5. The Morgan fingerprint density at radius 2 is 1.83 bits per heavy atom. The lowest BCUT2D eigenvalue weighted by atomic mass is 9.91. The topological polar surface area (TPSA) is 35.6 Å². The van der Waals surface area contributed by atoms with E-state index in [2.05, 4.69) is 34.5 Å². The molecule has 4 rings (SSSR count). The summed E-state index contributed by atoms with van der Waals surface area (Å²) >= 11 is 5.89. The third kappa shape index (κ3) is 2.99. The Morgan fingerprint density at radius 3 is 2.67 bits per heavy atom. The highest BCUT2D eigenvalue weighted by molar-refractivity contribution is 6.30. The Labute approximate surface area is 147 Å². The van der Waals surface area contributed by atoms with Crippen LogP contribution in [0.2, 0.25) is 5.02 Å². The summed E-state index contributed by atoms with van der Waals surface area (Å²) < 4.78 is 0. The second-order valence-corrected chi connectivity index (χ2v) is 6.82. The SMILES string of the molecule is O=C(Nc1ccc(Cl)cc1)N1CCN2CCc3ccccc3C2C1. The molecule has 2 aliphatic rings. The smallest absolute Gasteiger partial charge is 0.321 e. The van der Waals surface area contributed by atoms with Crippen LogP contribution in [0.1, 0.15) is 17.2 Å². The summed E-state index contributed by atoms with van der Waals surface area (Å²) in [6, 6.07) is 16.1. The van der Waals surface area contributed by atoms with Crippen LogP contribution in [-0.4, -0.2) is 42.0 Å². The van der Waals surface area contributed by atoms with Gasteiger partial charge in [0.25, 0.3) is 0 Å². The molecule has 2 heterocycles. The van der Waals surface area contributed by atoms with Crippen LogP contribution in [0.5, 0.6) is 0 Å². The molecule has 0 aromatic heterocycles.